The number of nitrogens with one attached hydrogen (secondary N) is 1. The number of fused-ring (bicyclic) bond motifs is 1. The lowest BCUT2D eigenvalue weighted by atomic mass is 9.91. The van der Waals surface area contributed by atoms with Crippen LogP contribution in [0, 0.1) is 0 Å². The third-order valence-electron chi connectivity index (χ3n) is 6.69. The third kappa shape index (κ3) is 5.15. The first-order valence-electron chi connectivity index (χ1n) is 11.6. The van der Waals surface area contributed by atoms with Crippen LogP contribution < -0.4 is 14.8 Å². The number of amides is 3. The molecule has 1 unspecified atom stereocenters. The van der Waals surface area contributed by atoms with E-state index in [-0.39, 0.29) is 36.4 Å². The second-order valence-electron chi connectivity index (χ2n) is 9.14. The van der Waals surface area contributed by atoms with Crippen molar-refractivity contribution >= 4 is 17.7 Å². The zero-order chi connectivity index (χ0) is 25.4. The Bertz CT molecular complexity index is 1200. The van der Waals surface area contributed by atoms with Crippen molar-refractivity contribution in [3.8, 4) is 11.5 Å². The van der Waals surface area contributed by atoms with Crippen molar-refractivity contribution in [3.63, 3.8) is 0 Å². The molecule has 1 N–H and O–H groups in total. The average molecular weight is 503 g/mol. The van der Waals surface area contributed by atoms with Crippen molar-refractivity contribution < 1.29 is 37.0 Å². The molecule has 2 saturated heterocycles. The molecule has 3 amide bonds. The molecule has 11 heteroatoms. The summed E-state index contributed by atoms with van der Waals surface area (Å²) < 4.78 is 47.2. The first kappa shape index (κ1) is 24.1. The van der Waals surface area contributed by atoms with Crippen LogP contribution in [0.3, 0.4) is 0 Å². The smallest absolute Gasteiger partial charge is 0.492 e. The number of imide groups is 1. The fraction of sp³-hybridized carbons (Fsp3) is 0.400. The van der Waals surface area contributed by atoms with Gasteiger partial charge in [0.05, 0.1) is 0 Å². The van der Waals surface area contributed by atoms with Crippen LogP contribution in [-0.2, 0) is 16.1 Å². The van der Waals surface area contributed by atoms with E-state index in [2.05, 4.69) is 15.0 Å². The topological polar surface area (TPSA) is 88.2 Å². The fourth-order valence-electron chi connectivity index (χ4n) is 4.86. The van der Waals surface area contributed by atoms with Crippen LogP contribution >= 0.6 is 0 Å². The van der Waals surface area contributed by atoms with E-state index < -0.39 is 18.3 Å². The summed E-state index contributed by atoms with van der Waals surface area (Å²) in [6, 6.07) is 10.6. The second kappa shape index (κ2) is 9.45. The zero-order valence-corrected chi connectivity index (χ0v) is 19.2. The minimum Gasteiger partial charge on any atom is -0.492 e. The van der Waals surface area contributed by atoms with E-state index in [9.17, 15) is 27.6 Å². The first-order valence-corrected chi connectivity index (χ1v) is 11.6. The molecular weight excluding hydrogens is 479 g/mol. The molecular formula is C25H24F3N3O5. The van der Waals surface area contributed by atoms with Crippen molar-refractivity contribution in [1.29, 1.82) is 0 Å². The van der Waals surface area contributed by atoms with Gasteiger partial charge in [0.15, 0.2) is 0 Å². The number of halogens is 3. The van der Waals surface area contributed by atoms with E-state index in [0.717, 1.165) is 11.1 Å². The van der Waals surface area contributed by atoms with E-state index in [0.29, 0.717) is 44.0 Å². The summed E-state index contributed by atoms with van der Waals surface area (Å²) in [6.45, 7) is 2.75. The number of ether oxygens (including phenoxy) is 2. The van der Waals surface area contributed by atoms with Crippen LogP contribution in [0.25, 0.3) is 0 Å². The Hall–Kier alpha value is -3.60. The summed E-state index contributed by atoms with van der Waals surface area (Å²) in [4.78, 5) is 40.0. The lowest BCUT2D eigenvalue weighted by molar-refractivity contribution is -0.274. The van der Waals surface area contributed by atoms with Gasteiger partial charge >= 0.3 is 6.36 Å². The number of benzene rings is 2. The molecule has 36 heavy (non-hydrogen) atoms. The second-order valence-corrected chi connectivity index (χ2v) is 9.14. The summed E-state index contributed by atoms with van der Waals surface area (Å²) in [5, 5.41) is 2.29. The van der Waals surface area contributed by atoms with Crippen LogP contribution in [0.4, 0.5) is 13.2 Å². The molecule has 0 saturated carbocycles. The molecule has 1 atom stereocenters. The lowest BCUT2D eigenvalue weighted by Crippen LogP contribution is -2.52. The van der Waals surface area contributed by atoms with Crippen LogP contribution in [0.5, 0.6) is 11.5 Å². The van der Waals surface area contributed by atoms with Gasteiger partial charge in [-0.25, -0.2) is 0 Å². The molecule has 8 nitrogen and oxygen atoms in total. The monoisotopic (exact) mass is 503 g/mol. The van der Waals surface area contributed by atoms with Crippen molar-refractivity contribution in [2.24, 2.45) is 0 Å². The van der Waals surface area contributed by atoms with Crippen LogP contribution in [0.2, 0.25) is 0 Å². The molecule has 3 aliphatic rings. The number of rotatable bonds is 7. The van der Waals surface area contributed by atoms with Gasteiger partial charge in [-0.1, -0.05) is 12.1 Å². The van der Waals surface area contributed by atoms with E-state index in [1.165, 1.54) is 17.0 Å². The highest BCUT2D eigenvalue weighted by atomic mass is 19.4. The Balaban J connectivity index is 1.10. The van der Waals surface area contributed by atoms with Crippen LogP contribution in [0.15, 0.2) is 42.5 Å². The number of carbonyl (C=O) groups excluding carboxylic acids is 3. The van der Waals surface area contributed by atoms with Crippen molar-refractivity contribution in [3.05, 3.63) is 59.2 Å². The molecule has 5 rings (SSSR count). The molecule has 2 aromatic carbocycles. The highest BCUT2D eigenvalue weighted by Gasteiger charge is 2.39. The zero-order valence-electron chi connectivity index (χ0n) is 19.2. The number of piperidine rings is 1. The number of alkyl halides is 3. The number of hydrogen-bond donors (Lipinski definition) is 1. The number of hydrogen-bond acceptors (Lipinski definition) is 6. The first-order chi connectivity index (χ1) is 17.2. The highest BCUT2D eigenvalue weighted by molar-refractivity contribution is 6.05. The maximum absolute atomic E-state index is 12.8. The Morgan fingerprint density at radius 2 is 1.83 bits per heavy atom. The van der Waals surface area contributed by atoms with E-state index in [1.807, 2.05) is 0 Å². The molecule has 0 spiro atoms. The van der Waals surface area contributed by atoms with Gasteiger partial charge in [0.2, 0.25) is 11.8 Å². The molecule has 3 heterocycles. The lowest BCUT2D eigenvalue weighted by Gasteiger charge is -2.39. The standard InChI is InChI=1S/C25H24F3N3O5/c26-25(27,28)36-19-3-1-2-15(10-19)17-12-30(13-17)8-9-35-18-4-5-20-16(11-18)14-31(24(20)34)21-6-7-22(32)29-23(21)33/h1-5,10-11,17,21H,6-9,12-14H2,(H,29,32,33). The highest BCUT2D eigenvalue weighted by Crippen LogP contribution is 2.32. The number of nitrogens with zero attached hydrogens (tertiary/aromatic N) is 2. The van der Waals surface area contributed by atoms with Crippen LogP contribution in [0.1, 0.15) is 40.2 Å². The minimum atomic E-state index is -4.71. The van der Waals surface area contributed by atoms with Gasteiger partial charge < -0.3 is 14.4 Å². The van der Waals surface area contributed by atoms with E-state index >= 15 is 0 Å². The van der Waals surface area contributed by atoms with Gasteiger partial charge in [-0.15, -0.1) is 13.2 Å². The summed E-state index contributed by atoms with van der Waals surface area (Å²) in [7, 11) is 0. The van der Waals surface area contributed by atoms with E-state index in [4.69, 9.17) is 4.74 Å². The van der Waals surface area contributed by atoms with Gasteiger partial charge in [-0.05, 0) is 47.9 Å². The molecule has 0 aliphatic carbocycles. The summed E-state index contributed by atoms with van der Waals surface area (Å²) in [5.74, 6) is -0.479. The van der Waals surface area contributed by atoms with Crippen molar-refractivity contribution in [2.75, 3.05) is 26.2 Å². The van der Waals surface area contributed by atoms with Gasteiger partial charge in [-0.2, -0.15) is 0 Å². The Labute approximate surface area is 204 Å². The summed E-state index contributed by atoms with van der Waals surface area (Å²) in [5.41, 5.74) is 2.10. The normalized spacial score (nSPS) is 20.7. The molecule has 3 aliphatic heterocycles. The van der Waals surface area contributed by atoms with E-state index in [1.54, 1.807) is 30.3 Å². The molecule has 0 aromatic heterocycles. The Morgan fingerprint density at radius 3 is 2.58 bits per heavy atom. The average Bonchev–Trinajstić information content (AvgIpc) is 3.10. The molecule has 2 aromatic rings. The van der Waals surface area contributed by atoms with Gasteiger partial charge in [0.1, 0.15) is 24.1 Å². The van der Waals surface area contributed by atoms with Gasteiger partial charge in [0, 0.05) is 44.1 Å². The number of carbonyl (C=O) groups is 3. The largest absolute Gasteiger partial charge is 0.573 e. The Kier molecular flexibility index (Phi) is 6.33. The predicted molar refractivity (Wildman–Crippen MR) is 120 cm³/mol. The predicted octanol–water partition coefficient (Wildman–Crippen LogP) is 2.82. The SMILES string of the molecule is O=C1CCC(N2Cc3cc(OCCN4CC(c5cccc(OC(F)(F)F)c5)C4)ccc3C2=O)C(=O)N1. The van der Waals surface area contributed by atoms with Gasteiger partial charge in [-0.3, -0.25) is 24.6 Å². The summed E-state index contributed by atoms with van der Waals surface area (Å²) >= 11 is 0. The molecule has 0 radical (unpaired) electrons. The summed E-state index contributed by atoms with van der Waals surface area (Å²) in [6.07, 6.45) is -4.20. The van der Waals surface area contributed by atoms with Gasteiger partial charge in [0.25, 0.3) is 5.91 Å². The molecule has 0 bridgehead atoms. The third-order valence-corrected chi connectivity index (χ3v) is 6.69. The maximum atomic E-state index is 12.8. The number of likely N-dealkylation sites (tertiary alicyclic amines) is 1. The molecule has 190 valence electrons. The quantitative estimate of drug-likeness (QED) is 0.585. The Morgan fingerprint density at radius 1 is 1.03 bits per heavy atom. The van der Waals surface area contributed by atoms with Crippen molar-refractivity contribution in [1.82, 2.24) is 15.1 Å². The van der Waals surface area contributed by atoms with Crippen molar-refractivity contribution in [2.45, 2.75) is 37.7 Å². The molecule has 2 fully saturated rings. The maximum Gasteiger partial charge on any atom is 0.573 e. The van der Waals surface area contributed by atoms with Crippen LogP contribution in [-0.4, -0.2) is 66.2 Å². The minimum absolute atomic E-state index is 0.131. The fourth-order valence-corrected chi connectivity index (χ4v) is 4.86.